The largest absolute Gasteiger partial charge is 0.394 e. The number of nitrogens with one attached hydrogen (secondary N) is 1. The van der Waals surface area contributed by atoms with Gasteiger partial charge in [-0.25, -0.2) is 0 Å². The lowest BCUT2D eigenvalue weighted by atomic mass is 9.97. The molecule has 1 fully saturated rings. The molecular weight excluding hydrogens is 268 g/mol. The van der Waals surface area contributed by atoms with Crippen LogP contribution in [0, 0.1) is 0 Å². The van der Waals surface area contributed by atoms with Gasteiger partial charge in [0, 0.05) is 6.42 Å². The monoisotopic (exact) mass is 292 g/mol. The van der Waals surface area contributed by atoms with E-state index in [1.54, 1.807) is 0 Å². The minimum Gasteiger partial charge on any atom is -0.394 e. The Bertz CT molecular complexity index is 304. The molecule has 0 radical (unpaired) electrons. The van der Waals surface area contributed by atoms with Crippen molar-refractivity contribution in [1.29, 1.82) is 0 Å². The molecule has 0 bridgehead atoms. The lowest BCUT2D eigenvalue weighted by molar-refractivity contribution is -0.253. The molecule has 0 saturated carbocycles. The van der Waals surface area contributed by atoms with Crippen molar-refractivity contribution < 1.29 is 30.0 Å². The zero-order chi connectivity index (χ0) is 15.1. The second kappa shape index (κ2) is 8.50. The molecule has 1 saturated heterocycles. The molecule has 8 heteroatoms. The SMILES string of the molecule is NCCCCCC(=O)N[C@H]1C(O)O[C@H](CO)[C@@H](O)[C@@H]1O. The third-order valence-corrected chi connectivity index (χ3v) is 3.34. The summed E-state index contributed by atoms with van der Waals surface area (Å²) in [6.45, 7) is 0.0410. The summed E-state index contributed by atoms with van der Waals surface area (Å²) in [5, 5.41) is 40.6. The van der Waals surface area contributed by atoms with Gasteiger partial charge in [-0.2, -0.15) is 0 Å². The van der Waals surface area contributed by atoms with E-state index < -0.39 is 37.3 Å². The van der Waals surface area contributed by atoms with E-state index in [1.807, 2.05) is 0 Å². The van der Waals surface area contributed by atoms with Crippen molar-refractivity contribution >= 4 is 5.91 Å². The summed E-state index contributed by atoms with van der Waals surface area (Å²) >= 11 is 0. The minimum atomic E-state index is -1.47. The number of aliphatic hydroxyl groups excluding tert-OH is 4. The fourth-order valence-electron chi connectivity index (χ4n) is 2.12. The molecule has 1 unspecified atom stereocenters. The first kappa shape index (κ1) is 17.3. The molecule has 1 aliphatic heterocycles. The number of amides is 1. The standard InChI is InChI=1S/C12H24N2O6/c13-5-3-1-2-4-8(16)14-9-11(18)10(17)7(6-15)20-12(9)19/h7,9-12,15,17-19H,1-6,13H2,(H,14,16)/t7-,9-,10-,11-,12?/m1/s1. The van der Waals surface area contributed by atoms with Gasteiger partial charge in [-0.3, -0.25) is 4.79 Å². The van der Waals surface area contributed by atoms with Crippen molar-refractivity contribution in [3.63, 3.8) is 0 Å². The lowest BCUT2D eigenvalue weighted by Crippen LogP contribution is -2.64. The summed E-state index contributed by atoms with van der Waals surface area (Å²) in [5.74, 6) is -0.344. The molecule has 1 heterocycles. The smallest absolute Gasteiger partial charge is 0.220 e. The second-order valence-corrected chi connectivity index (χ2v) is 4.92. The number of carbonyl (C=O) groups is 1. The van der Waals surface area contributed by atoms with E-state index in [0.717, 1.165) is 12.8 Å². The number of ether oxygens (including phenoxy) is 1. The lowest BCUT2D eigenvalue weighted by Gasteiger charge is -2.40. The van der Waals surface area contributed by atoms with Gasteiger partial charge in [-0.1, -0.05) is 6.42 Å². The van der Waals surface area contributed by atoms with E-state index >= 15 is 0 Å². The van der Waals surface area contributed by atoms with Crippen LogP contribution in [0.5, 0.6) is 0 Å². The maximum atomic E-state index is 11.7. The van der Waals surface area contributed by atoms with Gasteiger partial charge in [-0.15, -0.1) is 0 Å². The third kappa shape index (κ3) is 4.65. The van der Waals surface area contributed by atoms with Gasteiger partial charge in [0.15, 0.2) is 6.29 Å². The Kier molecular flexibility index (Phi) is 7.35. The molecule has 1 amide bonds. The predicted molar refractivity (Wildman–Crippen MR) is 69.4 cm³/mol. The number of hydrogen-bond acceptors (Lipinski definition) is 7. The number of carbonyl (C=O) groups excluding carboxylic acids is 1. The molecule has 7 N–H and O–H groups in total. The highest BCUT2D eigenvalue weighted by Gasteiger charge is 2.44. The Hall–Kier alpha value is -0.770. The Labute approximate surface area is 117 Å². The minimum absolute atomic E-state index is 0.245. The van der Waals surface area contributed by atoms with E-state index in [9.17, 15) is 20.1 Å². The van der Waals surface area contributed by atoms with Crippen LogP contribution in [0.3, 0.4) is 0 Å². The fraction of sp³-hybridized carbons (Fsp3) is 0.917. The first-order chi connectivity index (χ1) is 9.51. The van der Waals surface area contributed by atoms with Crippen LogP contribution in [0.4, 0.5) is 0 Å². The van der Waals surface area contributed by atoms with Crippen molar-refractivity contribution in [2.75, 3.05) is 13.2 Å². The third-order valence-electron chi connectivity index (χ3n) is 3.34. The summed E-state index contributed by atoms with van der Waals surface area (Å²) in [7, 11) is 0. The van der Waals surface area contributed by atoms with E-state index in [1.165, 1.54) is 0 Å². The van der Waals surface area contributed by atoms with E-state index in [4.69, 9.17) is 15.6 Å². The summed E-state index contributed by atoms with van der Waals surface area (Å²) in [5.41, 5.74) is 5.34. The van der Waals surface area contributed by atoms with Crippen LogP contribution < -0.4 is 11.1 Å². The maximum Gasteiger partial charge on any atom is 0.220 e. The Morgan fingerprint density at radius 3 is 2.45 bits per heavy atom. The highest BCUT2D eigenvalue weighted by Crippen LogP contribution is 2.19. The molecule has 0 aromatic heterocycles. The van der Waals surface area contributed by atoms with Crippen molar-refractivity contribution in [1.82, 2.24) is 5.32 Å². The Balaban J connectivity index is 2.43. The number of aliphatic hydroxyl groups is 4. The highest BCUT2D eigenvalue weighted by molar-refractivity contribution is 5.76. The quantitative estimate of drug-likeness (QED) is 0.283. The average Bonchev–Trinajstić information content (AvgIpc) is 2.43. The van der Waals surface area contributed by atoms with Crippen molar-refractivity contribution in [2.24, 2.45) is 5.73 Å². The van der Waals surface area contributed by atoms with Gasteiger partial charge >= 0.3 is 0 Å². The number of nitrogens with two attached hydrogens (primary N) is 1. The van der Waals surface area contributed by atoms with Gasteiger partial charge in [-0.05, 0) is 19.4 Å². The van der Waals surface area contributed by atoms with Crippen LogP contribution in [0.15, 0.2) is 0 Å². The summed E-state index contributed by atoms with van der Waals surface area (Å²) < 4.78 is 4.94. The van der Waals surface area contributed by atoms with Gasteiger partial charge in [0.1, 0.15) is 24.4 Å². The summed E-state index contributed by atoms with van der Waals surface area (Å²) in [6.07, 6.45) is -2.75. The Morgan fingerprint density at radius 1 is 1.15 bits per heavy atom. The maximum absolute atomic E-state index is 11.7. The molecule has 8 nitrogen and oxygen atoms in total. The molecule has 0 aromatic carbocycles. The molecule has 118 valence electrons. The van der Waals surface area contributed by atoms with E-state index in [-0.39, 0.29) is 12.3 Å². The van der Waals surface area contributed by atoms with Gasteiger partial charge in [0.25, 0.3) is 0 Å². The normalized spacial score (nSPS) is 34.0. The van der Waals surface area contributed by atoms with Gasteiger partial charge in [0.2, 0.25) is 5.91 Å². The Morgan fingerprint density at radius 2 is 1.85 bits per heavy atom. The number of hydrogen-bond donors (Lipinski definition) is 6. The fourth-order valence-corrected chi connectivity index (χ4v) is 2.12. The molecule has 20 heavy (non-hydrogen) atoms. The van der Waals surface area contributed by atoms with Crippen molar-refractivity contribution in [2.45, 2.75) is 56.3 Å². The van der Waals surface area contributed by atoms with Crippen molar-refractivity contribution in [3.05, 3.63) is 0 Å². The molecule has 1 rings (SSSR count). The number of rotatable bonds is 7. The molecular formula is C12H24N2O6. The average molecular weight is 292 g/mol. The molecule has 0 aliphatic carbocycles. The van der Waals surface area contributed by atoms with Crippen LogP contribution >= 0.6 is 0 Å². The molecule has 5 atom stereocenters. The zero-order valence-corrected chi connectivity index (χ0v) is 11.3. The van der Waals surface area contributed by atoms with Crippen molar-refractivity contribution in [3.8, 4) is 0 Å². The first-order valence-electron chi connectivity index (χ1n) is 6.81. The van der Waals surface area contributed by atoms with Crippen LogP contribution in [-0.2, 0) is 9.53 Å². The summed E-state index contributed by atoms with van der Waals surface area (Å²) in [6, 6.07) is -1.12. The van der Waals surface area contributed by atoms with E-state index in [0.29, 0.717) is 13.0 Å². The van der Waals surface area contributed by atoms with Crippen LogP contribution in [0.2, 0.25) is 0 Å². The van der Waals surface area contributed by atoms with Gasteiger partial charge in [0.05, 0.1) is 6.61 Å². The van der Waals surface area contributed by atoms with Crippen LogP contribution in [-0.4, -0.2) is 70.1 Å². The highest BCUT2D eigenvalue weighted by atomic mass is 16.6. The van der Waals surface area contributed by atoms with Crippen LogP contribution in [0.1, 0.15) is 25.7 Å². The topological polar surface area (TPSA) is 145 Å². The van der Waals surface area contributed by atoms with Gasteiger partial charge < -0.3 is 36.2 Å². The first-order valence-corrected chi connectivity index (χ1v) is 6.81. The predicted octanol–water partition coefficient (Wildman–Crippen LogP) is -2.58. The molecule has 0 aromatic rings. The zero-order valence-electron chi connectivity index (χ0n) is 11.3. The summed E-state index contributed by atoms with van der Waals surface area (Å²) in [4.78, 5) is 11.7. The number of unbranched alkanes of at least 4 members (excludes halogenated alkanes) is 2. The second-order valence-electron chi connectivity index (χ2n) is 4.92. The van der Waals surface area contributed by atoms with Crippen LogP contribution in [0.25, 0.3) is 0 Å². The molecule has 0 spiro atoms. The molecule has 1 aliphatic rings. The van der Waals surface area contributed by atoms with E-state index in [2.05, 4.69) is 5.32 Å².